The first-order valence-corrected chi connectivity index (χ1v) is 4.78. The van der Waals surface area contributed by atoms with Gasteiger partial charge < -0.3 is 4.90 Å². The third-order valence-electron chi connectivity index (χ3n) is 2.09. The number of carbonyl (C=O) groups is 1. The van der Waals surface area contributed by atoms with Crippen molar-refractivity contribution in [2.24, 2.45) is 0 Å². The Balaban J connectivity index is 2.04. The van der Waals surface area contributed by atoms with Crippen molar-refractivity contribution in [3.63, 3.8) is 0 Å². The molecule has 0 aliphatic heterocycles. The highest BCUT2D eigenvalue weighted by molar-refractivity contribution is 5.89. The molecule has 0 aliphatic carbocycles. The summed E-state index contributed by atoms with van der Waals surface area (Å²) >= 11 is 0. The van der Waals surface area contributed by atoms with Crippen molar-refractivity contribution >= 4 is 5.91 Å². The van der Waals surface area contributed by atoms with E-state index in [1.54, 1.807) is 13.2 Å². The van der Waals surface area contributed by atoms with Crippen LogP contribution >= 0.6 is 0 Å². The first-order valence-electron chi connectivity index (χ1n) is 4.78. The summed E-state index contributed by atoms with van der Waals surface area (Å²) in [6.07, 6.45) is 3.00. The molecule has 0 radical (unpaired) electrons. The van der Waals surface area contributed by atoms with Crippen LogP contribution in [0.5, 0.6) is 0 Å². The van der Waals surface area contributed by atoms with Gasteiger partial charge in [-0.1, -0.05) is 6.07 Å². The van der Waals surface area contributed by atoms with Crippen LogP contribution in [0.4, 0.5) is 0 Å². The lowest BCUT2D eigenvalue weighted by molar-refractivity contribution is 0.0772. The highest BCUT2D eigenvalue weighted by Crippen LogP contribution is 2.01. The average Bonchev–Trinajstić information content (AvgIpc) is 2.83. The number of amides is 1. The molecule has 0 unspecified atom stereocenters. The summed E-state index contributed by atoms with van der Waals surface area (Å²) in [6, 6.07) is 5.58. The number of H-pyrrole nitrogens is 1. The largest absolute Gasteiger partial charge is 0.333 e. The topological polar surface area (TPSA) is 74.8 Å². The summed E-state index contributed by atoms with van der Waals surface area (Å²) in [5.74, 6) is 0.0292. The molecule has 2 heterocycles. The molecule has 2 aromatic heterocycles. The zero-order valence-electron chi connectivity index (χ0n) is 8.79. The van der Waals surface area contributed by atoms with Crippen LogP contribution in [0, 0.1) is 0 Å². The molecule has 1 amide bonds. The molecule has 0 fully saturated rings. The SMILES string of the molecule is CN(Cc1ccccn1)C(=O)c1ncn[nH]1. The number of aromatic amines is 1. The third kappa shape index (κ3) is 2.22. The van der Waals surface area contributed by atoms with E-state index in [-0.39, 0.29) is 11.7 Å². The minimum atomic E-state index is -0.205. The summed E-state index contributed by atoms with van der Waals surface area (Å²) in [6.45, 7) is 0.445. The lowest BCUT2D eigenvalue weighted by Gasteiger charge is -2.14. The second-order valence-corrected chi connectivity index (χ2v) is 3.32. The molecule has 0 aliphatic rings. The highest BCUT2D eigenvalue weighted by atomic mass is 16.2. The Morgan fingerprint density at radius 3 is 2.94 bits per heavy atom. The van der Waals surface area contributed by atoms with Crippen LogP contribution in [0.25, 0.3) is 0 Å². The fraction of sp³-hybridized carbons (Fsp3) is 0.200. The van der Waals surface area contributed by atoms with Crippen LogP contribution in [0.1, 0.15) is 16.3 Å². The Hall–Kier alpha value is -2.24. The van der Waals surface area contributed by atoms with Gasteiger partial charge in [0.15, 0.2) is 0 Å². The second-order valence-electron chi connectivity index (χ2n) is 3.32. The van der Waals surface area contributed by atoms with Gasteiger partial charge in [0.25, 0.3) is 5.91 Å². The summed E-state index contributed by atoms with van der Waals surface area (Å²) in [7, 11) is 1.69. The lowest BCUT2D eigenvalue weighted by Crippen LogP contribution is -2.27. The Morgan fingerprint density at radius 2 is 2.31 bits per heavy atom. The summed E-state index contributed by atoms with van der Waals surface area (Å²) in [4.78, 5) is 21.2. The van der Waals surface area contributed by atoms with Gasteiger partial charge in [-0.2, -0.15) is 5.10 Å². The van der Waals surface area contributed by atoms with Crippen molar-refractivity contribution in [1.82, 2.24) is 25.1 Å². The molecule has 2 rings (SSSR count). The smallest absolute Gasteiger partial charge is 0.291 e. The molecular weight excluding hydrogens is 206 g/mol. The minimum Gasteiger partial charge on any atom is -0.333 e. The van der Waals surface area contributed by atoms with Crippen LogP contribution in [0.2, 0.25) is 0 Å². The van der Waals surface area contributed by atoms with Gasteiger partial charge in [-0.05, 0) is 12.1 Å². The van der Waals surface area contributed by atoms with E-state index in [9.17, 15) is 4.79 Å². The predicted molar refractivity (Wildman–Crippen MR) is 56.4 cm³/mol. The van der Waals surface area contributed by atoms with E-state index in [1.807, 2.05) is 18.2 Å². The molecule has 0 aromatic carbocycles. The number of carbonyl (C=O) groups excluding carboxylic acids is 1. The van der Waals surface area contributed by atoms with Crippen LogP contribution in [0.15, 0.2) is 30.7 Å². The fourth-order valence-corrected chi connectivity index (χ4v) is 1.30. The van der Waals surface area contributed by atoms with Crippen LogP contribution < -0.4 is 0 Å². The predicted octanol–water partition coefficient (Wildman–Crippen LogP) is 0.472. The summed E-state index contributed by atoms with van der Waals surface area (Å²) < 4.78 is 0. The molecule has 0 saturated heterocycles. The van der Waals surface area contributed by atoms with Gasteiger partial charge in [0.2, 0.25) is 5.82 Å². The maximum atomic E-state index is 11.8. The van der Waals surface area contributed by atoms with E-state index in [1.165, 1.54) is 11.2 Å². The molecule has 0 atom stereocenters. The van der Waals surface area contributed by atoms with E-state index >= 15 is 0 Å². The second kappa shape index (κ2) is 4.52. The number of nitrogens with one attached hydrogen (secondary N) is 1. The molecule has 82 valence electrons. The highest BCUT2D eigenvalue weighted by Gasteiger charge is 2.14. The Kier molecular flexibility index (Phi) is 2.90. The van der Waals surface area contributed by atoms with Crippen molar-refractivity contribution < 1.29 is 4.79 Å². The van der Waals surface area contributed by atoms with Crippen molar-refractivity contribution in [3.8, 4) is 0 Å². The van der Waals surface area contributed by atoms with Crippen LogP contribution in [-0.4, -0.2) is 38.0 Å². The summed E-state index contributed by atoms with van der Waals surface area (Å²) in [5, 5.41) is 6.16. The number of aromatic nitrogens is 4. The number of rotatable bonds is 3. The minimum absolute atomic E-state index is 0.205. The zero-order chi connectivity index (χ0) is 11.4. The molecule has 0 spiro atoms. The number of nitrogens with zero attached hydrogens (tertiary/aromatic N) is 4. The molecule has 1 N–H and O–H groups in total. The molecule has 6 heteroatoms. The van der Waals surface area contributed by atoms with E-state index in [2.05, 4.69) is 20.2 Å². The van der Waals surface area contributed by atoms with Crippen molar-refractivity contribution in [2.75, 3.05) is 7.05 Å². The van der Waals surface area contributed by atoms with E-state index in [4.69, 9.17) is 0 Å². The first kappa shape index (κ1) is 10.3. The van der Waals surface area contributed by atoms with E-state index < -0.39 is 0 Å². The van der Waals surface area contributed by atoms with Gasteiger partial charge in [0.05, 0.1) is 12.2 Å². The monoisotopic (exact) mass is 217 g/mol. The van der Waals surface area contributed by atoms with Crippen molar-refractivity contribution in [3.05, 3.63) is 42.2 Å². The third-order valence-corrected chi connectivity index (χ3v) is 2.09. The van der Waals surface area contributed by atoms with Gasteiger partial charge in [0.1, 0.15) is 6.33 Å². The van der Waals surface area contributed by atoms with Crippen LogP contribution in [0.3, 0.4) is 0 Å². The molecule has 16 heavy (non-hydrogen) atoms. The van der Waals surface area contributed by atoms with Gasteiger partial charge in [-0.3, -0.25) is 14.9 Å². The van der Waals surface area contributed by atoms with E-state index in [0.29, 0.717) is 6.54 Å². The molecule has 0 saturated carbocycles. The Labute approximate surface area is 92.3 Å². The average molecular weight is 217 g/mol. The number of hydrogen-bond donors (Lipinski definition) is 1. The molecule has 2 aromatic rings. The number of hydrogen-bond acceptors (Lipinski definition) is 4. The van der Waals surface area contributed by atoms with E-state index in [0.717, 1.165) is 5.69 Å². The Bertz CT molecular complexity index is 453. The zero-order valence-corrected chi connectivity index (χ0v) is 8.79. The van der Waals surface area contributed by atoms with Crippen molar-refractivity contribution in [1.29, 1.82) is 0 Å². The first-order chi connectivity index (χ1) is 7.77. The molecule has 0 bridgehead atoms. The van der Waals surface area contributed by atoms with Gasteiger partial charge in [-0.25, -0.2) is 4.98 Å². The Morgan fingerprint density at radius 1 is 1.44 bits per heavy atom. The standard InChI is InChI=1S/C10H11N5O/c1-15(6-8-4-2-3-5-11-8)10(16)9-12-7-13-14-9/h2-5,7H,6H2,1H3,(H,12,13,14). The molecular formula is C10H11N5O. The maximum Gasteiger partial charge on any atom is 0.291 e. The fourth-order valence-electron chi connectivity index (χ4n) is 1.30. The molecule has 6 nitrogen and oxygen atoms in total. The maximum absolute atomic E-state index is 11.8. The number of pyridine rings is 1. The van der Waals surface area contributed by atoms with Crippen LogP contribution in [-0.2, 0) is 6.54 Å². The normalized spacial score (nSPS) is 10.1. The lowest BCUT2D eigenvalue weighted by atomic mass is 10.3. The summed E-state index contributed by atoms with van der Waals surface area (Å²) in [5.41, 5.74) is 0.831. The van der Waals surface area contributed by atoms with Gasteiger partial charge in [0, 0.05) is 13.2 Å². The quantitative estimate of drug-likeness (QED) is 0.811. The van der Waals surface area contributed by atoms with Crippen molar-refractivity contribution in [2.45, 2.75) is 6.54 Å². The van der Waals surface area contributed by atoms with Gasteiger partial charge >= 0.3 is 0 Å². The van der Waals surface area contributed by atoms with Gasteiger partial charge in [-0.15, -0.1) is 0 Å².